The summed E-state index contributed by atoms with van der Waals surface area (Å²) in [5, 5.41) is 13.4. The fourth-order valence-corrected chi connectivity index (χ4v) is 8.27. The third-order valence-electron chi connectivity index (χ3n) is 11.2. The number of nitrogens with one attached hydrogen (secondary N) is 5. The van der Waals surface area contributed by atoms with E-state index < -0.39 is 64.7 Å². The molecule has 4 aromatic carbocycles. The largest absolute Gasteiger partial charge is 0.469 e. The highest BCUT2D eigenvalue weighted by atomic mass is 35.5. The lowest BCUT2D eigenvalue weighted by Crippen LogP contribution is -2.42. The number of alkyl halides is 2. The number of fused-ring (bicyclic) bond motifs is 4. The highest BCUT2D eigenvalue weighted by Crippen LogP contribution is 2.37. The number of halogens is 2. The van der Waals surface area contributed by atoms with Gasteiger partial charge in [0, 0.05) is 28.7 Å². The van der Waals surface area contributed by atoms with E-state index in [-0.39, 0.29) is 116 Å². The second kappa shape index (κ2) is 24.5. The number of anilines is 4. The van der Waals surface area contributed by atoms with Crippen LogP contribution in [0.2, 0.25) is 0 Å². The van der Waals surface area contributed by atoms with E-state index >= 15 is 0 Å². The lowest BCUT2D eigenvalue weighted by molar-refractivity contribution is -0.146. The Morgan fingerprint density at radius 1 is 0.486 bits per heavy atom. The van der Waals surface area contributed by atoms with E-state index in [2.05, 4.69) is 26.6 Å². The minimum Gasteiger partial charge on any atom is -0.469 e. The van der Waals surface area contributed by atoms with Gasteiger partial charge in [-0.3, -0.25) is 53.3 Å². The predicted molar refractivity (Wildman–Crippen MR) is 263 cm³/mol. The van der Waals surface area contributed by atoms with E-state index in [0.29, 0.717) is 12.8 Å². The maximum Gasteiger partial charge on any atom is 0.322 e. The Balaban J connectivity index is 0.000000297. The number of esters is 2. The van der Waals surface area contributed by atoms with Crippen molar-refractivity contribution in [3.8, 4) is 0 Å². The average Bonchev–Trinajstić information content (AvgIpc) is 3.34. The van der Waals surface area contributed by atoms with Crippen molar-refractivity contribution in [2.45, 2.75) is 59.4 Å². The summed E-state index contributed by atoms with van der Waals surface area (Å²) in [4.78, 5) is 127. The van der Waals surface area contributed by atoms with Gasteiger partial charge in [-0.1, -0.05) is 76.2 Å². The number of rotatable bonds is 18. The fraction of sp³-hybridized carbons (Fsp3) is 0.333. The van der Waals surface area contributed by atoms with E-state index in [1.807, 2.05) is 27.7 Å². The van der Waals surface area contributed by atoms with Crippen LogP contribution in [-0.4, -0.2) is 97.3 Å². The average molecular weight is 999 g/mol. The standard InChI is InChI=1S/C33H41N3O8.C18H12Cl2N2O4/c1-18(2)15-20(32(41)43-5)13-14-26(37)35-23-11-7-9-21-28(23)30(39)22-10-8-12-24(29(22)31(21)40)36-27(38)17-34-25(16-19(3)4)33(42)44-6;19-7-13(23)21-11-5-1-3-9-15(11)18(26)10-4-2-6-12(16(10)17(9)25)22-14(24)8-20/h7-12,18-20,25,34H,13-17H2,1-6H3,(H,35,37)(H,36,38);1-6H,7-8H2,(H,21,23)(H,22,24)/t20-,25-;/m0./s1. The molecular formula is C51H53Cl2N5O12. The molecule has 2 aliphatic carbocycles. The van der Waals surface area contributed by atoms with Gasteiger partial charge in [-0.25, -0.2) is 0 Å². The van der Waals surface area contributed by atoms with Crippen LogP contribution in [0, 0.1) is 17.8 Å². The normalized spacial score (nSPS) is 13.1. The van der Waals surface area contributed by atoms with Gasteiger partial charge in [0.15, 0.2) is 23.1 Å². The SMILES string of the molecule is COC(=O)[C@@H](CCC(=O)Nc1cccc2c1C(=O)c1cccc(NC(=O)CN[C@@H](CC(C)C)C(=O)OC)c1C2=O)CC(C)C.O=C(CCl)Nc1cccc2c1C(=O)c1cccc(NC(=O)CCl)c1C2=O. The first-order chi connectivity index (χ1) is 33.3. The van der Waals surface area contributed by atoms with Crippen molar-refractivity contribution in [2.75, 3.05) is 53.8 Å². The van der Waals surface area contributed by atoms with Gasteiger partial charge in [0.05, 0.1) is 71.7 Å². The molecule has 0 aliphatic heterocycles. The van der Waals surface area contributed by atoms with Crippen LogP contribution in [0.4, 0.5) is 22.7 Å². The van der Waals surface area contributed by atoms with Gasteiger partial charge in [-0.05, 0) is 55.4 Å². The highest BCUT2D eigenvalue weighted by molar-refractivity contribution is 6.35. The Bertz CT molecular complexity index is 2570. The minimum absolute atomic E-state index is 0.0209. The number of hydrogen-bond acceptors (Lipinski definition) is 13. The molecule has 4 aromatic rings. The van der Waals surface area contributed by atoms with E-state index in [4.69, 9.17) is 32.7 Å². The van der Waals surface area contributed by atoms with Gasteiger partial charge >= 0.3 is 11.9 Å². The van der Waals surface area contributed by atoms with Crippen molar-refractivity contribution in [2.24, 2.45) is 17.8 Å². The molecule has 368 valence electrons. The first-order valence-corrected chi connectivity index (χ1v) is 23.3. The number of hydrogen-bond donors (Lipinski definition) is 5. The van der Waals surface area contributed by atoms with Crippen LogP contribution >= 0.6 is 23.2 Å². The molecule has 2 aliphatic rings. The molecule has 17 nitrogen and oxygen atoms in total. The van der Waals surface area contributed by atoms with Gasteiger partial charge in [0.1, 0.15) is 17.8 Å². The number of benzene rings is 4. The third kappa shape index (κ3) is 12.8. The van der Waals surface area contributed by atoms with E-state index in [1.165, 1.54) is 56.7 Å². The predicted octanol–water partition coefficient (Wildman–Crippen LogP) is 6.95. The maximum absolute atomic E-state index is 13.7. The quantitative estimate of drug-likeness (QED) is 0.0433. The Morgan fingerprint density at radius 3 is 1.16 bits per heavy atom. The highest BCUT2D eigenvalue weighted by Gasteiger charge is 2.36. The Kier molecular flexibility index (Phi) is 18.8. The lowest BCUT2D eigenvalue weighted by atomic mass is 9.82. The molecule has 0 unspecified atom stereocenters. The van der Waals surface area contributed by atoms with Gasteiger partial charge in [0.25, 0.3) is 0 Å². The summed E-state index contributed by atoms with van der Waals surface area (Å²) in [5.41, 5.74) is 1.55. The fourth-order valence-electron chi connectivity index (χ4n) is 8.14. The number of ether oxygens (including phenoxy) is 2. The first kappa shape index (κ1) is 53.9. The monoisotopic (exact) mass is 997 g/mol. The van der Waals surface area contributed by atoms with Crippen LogP contribution in [0.25, 0.3) is 0 Å². The summed E-state index contributed by atoms with van der Waals surface area (Å²) in [6.07, 6.45) is 1.33. The van der Waals surface area contributed by atoms with Crippen LogP contribution in [0.1, 0.15) is 117 Å². The van der Waals surface area contributed by atoms with E-state index in [0.717, 1.165) is 0 Å². The molecule has 70 heavy (non-hydrogen) atoms. The number of ketones is 4. The molecule has 0 heterocycles. The zero-order chi connectivity index (χ0) is 51.4. The van der Waals surface area contributed by atoms with Crippen molar-refractivity contribution in [3.05, 3.63) is 117 Å². The molecule has 5 N–H and O–H groups in total. The Morgan fingerprint density at radius 2 is 0.829 bits per heavy atom. The van der Waals surface area contributed by atoms with Gasteiger partial charge in [-0.2, -0.15) is 0 Å². The van der Waals surface area contributed by atoms with Crippen LogP contribution in [0.3, 0.4) is 0 Å². The van der Waals surface area contributed by atoms with Crippen molar-refractivity contribution in [1.29, 1.82) is 0 Å². The Hall–Kier alpha value is -7.08. The summed E-state index contributed by atoms with van der Waals surface area (Å²) in [6, 6.07) is 17.7. The summed E-state index contributed by atoms with van der Waals surface area (Å²) in [6.45, 7) is 7.63. The molecule has 0 aromatic heterocycles. The number of carbonyl (C=O) groups is 10. The van der Waals surface area contributed by atoms with E-state index in [9.17, 15) is 47.9 Å². The number of carbonyl (C=O) groups excluding carboxylic acids is 10. The topological polar surface area (TPSA) is 249 Å². The van der Waals surface area contributed by atoms with Crippen LogP contribution in [0.15, 0.2) is 72.8 Å². The molecule has 0 spiro atoms. The second-order valence-electron chi connectivity index (χ2n) is 17.2. The molecule has 0 radical (unpaired) electrons. The summed E-state index contributed by atoms with van der Waals surface area (Å²) >= 11 is 11.0. The number of methoxy groups -OCH3 is 2. The van der Waals surface area contributed by atoms with Crippen LogP contribution in [-0.2, 0) is 38.2 Å². The van der Waals surface area contributed by atoms with Crippen molar-refractivity contribution >= 4 is 105 Å². The maximum atomic E-state index is 13.7. The summed E-state index contributed by atoms with van der Waals surface area (Å²) < 4.78 is 9.70. The molecule has 19 heteroatoms. The first-order valence-electron chi connectivity index (χ1n) is 22.3. The summed E-state index contributed by atoms with van der Waals surface area (Å²) in [5.74, 6) is -5.16. The third-order valence-corrected chi connectivity index (χ3v) is 11.7. The van der Waals surface area contributed by atoms with Gasteiger partial charge in [0.2, 0.25) is 23.6 Å². The number of amides is 4. The molecule has 2 atom stereocenters. The smallest absolute Gasteiger partial charge is 0.322 e. The second-order valence-corrected chi connectivity index (χ2v) is 17.7. The van der Waals surface area contributed by atoms with E-state index in [1.54, 1.807) is 30.3 Å². The molecule has 0 bridgehead atoms. The van der Waals surface area contributed by atoms with Gasteiger partial charge in [-0.15, -0.1) is 23.2 Å². The molecule has 0 saturated carbocycles. The van der Waals surface area contributed by atoms with Gasteiger partial charge < -0.3 is 30.7 Å². The zero-order valence-corrected chi connectivity index (χ0v) is 40.9. The molecular weight excluding hydrogens is 945 g/mol. The molecule has 0 fully saturated rings. The molecule has 6 rings (SSSR count). The van der Waals surface area contributed by atoms with Crippen molar-refractivity contribution in [3.63, 3.8) is 0 Å². The zero-order valence-electron chi connectivity index (χ0n) is 39.3. The van der Waals surface area contributed by atoms with Crippen LogP contribution in [0.5, 0.6) is 0 Å². The van der Waals surface area contributed by atoms with Crippen molar-refractivity contribution < 1.29 is 57.4 Å². The minimum atomic E-state index is -0.680. The molecule has 0 saturated heterocycles. The lowest BCUT2D eigenvalue weighted by Gasteiger charge is -2.23. The van der Waals surface area contributed by atoms with Crippen LogP contribution < -0.4 is 26.6 Å². The molecule has 4 amide bonds. The Labute approximate surface area is 414 Å². The van der Waals surface area contributed by atoms with Crippen molar-refractivity contribution in [1.82, 2.24) is 5.32 Å². The summed E-state index contributed by atoms with van der Waals surface area (Å²) in [7, 11) is 2.59.